The number of ether oxygens (including phenoxy) is 2. The molecule has 39 heavy (non-hydrogen) atoms. The molecule has 0 radical (unpaired) electrons. The normalized spacial score (nSPS) is 19.9. The Balaban J connectivity index is 0.000000251. The molecule has 214 valence electrons. The topological polar surface area (TPSA) is 125 Å². The Morgan fingerprint density at radius 2 is 1.49 bits per heavy atom. The van der Waals surface area contributed by atoms with E-state index in [2.05, 4.69) is 44.3 Å². The molecule has 0 bridgehead atoms. The maximum Gasteiger partial charge on any atom is 0.490 e. The number of anilines is 1. The van der Waals surface area contributed by atoms with Crippen LogP contribution in [0.5, 0.6) is 11.5 Å². The van der Waals surface area contributed by atoms with Gasteiger partial charge in [0.1, 0.15) is 0 Å². The molecule has 2 aromatic rings. The van der Waals surface area contributed by atoms with Crippen molar-refractivity contribution in [1.82, 2.24) is 15.1 Å². The van der Waals surface area contributed by atoms with E-state index in [-0.39, 0.29) is 0 Å². The van der Waals surface area contributed by atoms with E-state index >= 15 is 0 Å². The number of carbonyl (C=O) groups is 2. The van der Waals surface area contributed by atoms with Gasteiger partial charge in [0, 0.05) is 31.7 Å². The minimum Gasteiger partial charge on any atom is -0.475 e. The number of fused-ring (bicyclic) bond motifs is 2. The molecule has 2 saturated heterocycles. The molecule has 2 fully saturated rings. The van der Waals surface area contributed by atoms with Crippen LogP contribution in [0.4, 0.5) is 32.2 Å². The van der Waals surface area contributed by atoms with Crippen LogP contribution < -0.4 is 14.4 Å². The zero-order valence-electron chi connectivity index (χ0n) is 20.4. The van der Waals surface area contributed by atoms with Crippen LogP contribution in [0, 0.1) is 6.92 Å². The summed E-state index contributed by atoms with van der Waals surface area (Å²) in [5, 5.41) is 22.9. The summed E-state index contributed by atoms with van der Waals surface area (Å²) < 4.78 is 74.4. The van der Waals surface area contributed by atoms with E-state index in [4.69, 9.17) is 29.3 Å². The molecule has 3 aliphatic rings. The maximum atomic E-state index is 10.6. The molecule has 2 N–H and O–H groups in total. The molecule has 1 aromatic heterocycles. The Labute approximate surface area is 217 Å². The molecule has 2 atom stereocenters. The van der Waals surface area contributed by atoms with E-state index in [1.807, 2.05) is 13.0 Å². The maximum absolute atomic E-state index is 10.6. The molecule has 10 nitrogen and oxygen atoms in total. The lowest BCUT2D eigenvalue weighted by Crippen LogP contribution is -2.36. The zero-order valence-corrected chi connectivity index (χ0v) is 20.4. The van der Waals surface area contributed by atoms with Gasteiger partial charge in [-0.3, -0.25) is 4.90 Å². The number of aryl methyl sites for hydroxylation is 1. The van der Waals surface area contributed by atoms with Crippen LogP contribution in [-0.4, -0.2) is 81.6 Å². The smallest absolute Gasteiger partial charge is 0.475 e. The zero-order chi connectivity index (χ0) is 29.0. The van der Waals surface area contributed by atoms with Crippen molar-refractivity contribution in [1.29, 1.82) is 0 Å². The van der Waals surface area contributed by atoms with E-state index in [9.17, 15) is 26.3 Å². The molecule has 3 aliphatic heterocycles. The summed E-state index contributed by atoms with van der Waals surface area (Å²) in [5.74, 6) is -2.77. The summed E-state index contributed by atoms with van der Waals surface area (Å²) in [4.78, 5) is 22.8. The number of likely N-dealkylation sites (tertiary alicyclic amines) is 1. The predicted molar refractivity (Wildman–Crippen MR) is 121 cm³/mol. The van der Waals surface area contributed by atoms with Crippen molar-refractivity contribution in [3.05, 3.63) is 41.6 Å². The number of alkyl halides is 6. The average molecular weight is 566 g/mol. The van der Waals surface area contributed by atoms with Crippen molar-refractivity contribution in [3.8, 4) is 11.5 Å². The Kier molecular flexibility index (Phi) is 9.09. The van der Waals surface area contributed by atoms with Crippen LogP contribution in [0.2, 0.25) is 0 Å². The fourth-order valence-corrected chi connectivity index (χ4v) is 4.37. The van der Waals surface area contributed by atoms with Gasteiger partial charge >= 0.3 is 24.3 Å². The number of rotatable bonds is 3. The second-order valence-electron chi connectivity index (χ2n) is 8.70. The summed E-state index contributed by atoms with van der Waals surface area (Å²) in [7, 11) is 0. The van der Waals surface area contributed by atoms with Gasteiger partial charge in [-0.15, -0.1) is 5.10 Å². The molecule has 4 heterocycles. The van der Waals surface area contributed by atoms with Crippen LogP contribution in [0.1, 0.15) is 24.1 Å². The standard InChI is InChI=1S/C19H22N4O2.2C2HF3O2/c1-13-2-5-19(21-20-13)23-9-7-15-16(23)6-8-22(15)11-14-3-4-17-18(10-14)25-12-24-17;2*3-2(4,5)1(6)7/h2-5,10,15-16H,6-9,11-12H2,1H3;2*(H,6,7)/t15-,16+;;/m1../s1. The number of carboxylic acids is 2. The van der Waals surface area contributed by atoms with Crippen LogP contribution >= 0.6 is 0 Å². The largest absolute Gasteiger partial charge is 0.490 e. The highest BCUT2D eigenvalue weighted by Gasteiger charge is 2.43. The van der Waals surface area contributed by atoms with E-state index in [1.54, 1.807) is 0 Å². The molecule has 1 aromatic carbocycles. The Bertz CT molecular complexity index is 1140. The van der Waals surface area contributed by atoms with E-state index in [0.29, 0.717) is 18.9 Å². The predicted octanol–water partition coefficient (Wildman–Crippen LogP) is 3.63. The lowest BCUT2D eigenvalue weighted by Gasteiger charge is -2.26. The minimum absolute atomic E-state index is 0.333. The first-order valence-corrected chi connectivity index (χ1v) is 11.5. The summed E-state index contributed by atoms with van der Waals surface area (Å²) in [6, 6.07) is 11.6. The third-order valence-electron chi connectivity index (χ3n) is 6.08. The molecular formula is C23H24F6N4O6. The molecule has 0 unspecified atom stereocenters. The van der Waals surface area contributed by atoms with Crippen LogP contribution in [0.25, 0.3) is 0 Å². The van der Waals surface area contributed by atoms with Gasteiger partial charge in [0.25, 0.3) is 0 Å². The number of aromatic nitrogens is 2. The van der Waals surface area contributed by atoms with Crippen molar-refractivity contribution in [2.45, 2.75) is 50.7 Å². The van der Waals surface area contributed by atoms with Gasteiger partial charge in [-0.05, 0) is 49.6 Å². The van der Waals surface area contributed by atoms with Gasteiger partial charge in [-0.1, -0.05) is 6.07 Å². The van der Waals surface area contributed by atoms with Crippen LogP contribution in [0.3, 0.4) is 0 Å². The van der Waals surface area contributed by atoms with Crippen LogP contribution in [-0.2, 0) is 16.1 Å². The fourth-order valence-electron chi connectivity index (χ4n) is 4.37. The first kappa shape index (κ1) is 29.7. The number of halogens is 6. The van der Waals surface area contributed by atoms with Gasteiger partial charge in [0.15, 0.2) is 17.3 Å². The quantitative estimate of drug-likeness (QED) is 0.532. The van der Waals surface area contributed by atoms with Gasteiger partial charge in [0.05, 0.1) is 5.69 Å². The van der Waals surface area contributed by atoms with Crippen molar-refractivity contribution in [3.63, 3.8) is 0 Å². The SMILES string of the molecule is Cc1ccc(N2CC[C@@H]3[C@@H]2CCN3Cc2ccc3c(c2)OCO3)nn1.O=C(O)C(F)(F)F.O=C(O)C(F)(F)F. The number of hydrogen-bond donors (Lipinski definition) is 2. The first-order chi connectivity index (χ1) is 18.2. The number of aliphatic carboxylic acids is 2. The Hall–Kier alpha value is -3.82. The van der Waals surface area contributed by atoms with E-state index in [0.717, 1.165) is 42.6 Å². The van der Waals surface area contributed by atoms with Gasteiger partial charge < -0.3 is 24.6 Å². The summed E-state index contributed by atoms with van der Waals surface area (Å²) in [6.45, 7) is 5.46. The number of carboxylic acid groups (broad SMARTS) is 2. The van der Waals surface area contributed by atoms with Crippen molar-refractivity contribution in [2.24, 2.45) is 0 Å². The summed E-state index contributed by atoms with van der Waals surface area (Å²) >= 11 is 0. The Morgan fingerprint density at radius 3 is 2.05 bits per heavy atom. The molecule has 0 spiro atoms. The number of nitrogens with zero attached hydrogens (tertiary/aromatic N) is 4. The molecular weight excluding hydrogens is 542 g/mol. The average Bonchev–Trinajstić information content (AvgIpc) is 3.57. The monoisotopic (exact) mass is 566 g/mol. The van der Waals surface area contributed by atoms with Crippen molar-refractivity contribution in [2.75, 3.05) is 24.8 Å². The molecule has 5 rings (SSSR count). The fraction of sp³-hybridized carbons (Fsp3) is 0.478. The highest BCUT2D eigenvalue weighted by Crippen LogP contribution is 2.37. The van der Waals surface area contributed by atoms with Crippen LogP contribution in [0.15, 0.2) is 30.3 Å². The van der Waals surface area contributed by atoms with Gasteiger partial charge in [0.2, 0.25) is 6.79 Å². The second-order valence-corrected chi connectivity index (χ2v) is 8.70. The highest BCUT2D eigenvalue weighted by molar-refractivity contribution is 5.73. The third-order valence-corrected chi connectivity index (χ3v) is 6.08. The minimum atomic E-state index is -5.08. The Morgan fingerprint density at radius 1 is 0.897 bits per heavy atom. The summed E-state index contributed by atoms with van der Waals surface area (Å²) in [6.07, 6.45) is -7.80. The molecule has 16 heteroatoms. The molecule has 0 saturated carbocycles. The second kappa shape index (κ2) is 11.9. The number of benzene rings is 1. The third kappa shape index (κ3) is 7.84. The van der Waals surface area contributed by atoms with E-state index < -0.39 is 24.3 Å². The highest BCUT2D eigenvalue weighted by atomic mass is 19.4. The van der Waals surface area contributed by atoms with E-state index in [1.165, 1.54) is 18.4 Å². The van der Waals surface area contributed by atoms with Crippen molar-refractivity contribution >= 4 is 17.8 Å². The summed E-state index contributed by atoms with van der Waals surface area (Å²) in [5.41, 5.74) is 2.26. The van der Waals surface area contributed by atoms with Gasteiger partial charge in [-0.2, -0.15) is 31.4 Å². The lowest BCUT2D eigenvalue weighted by molar-refractivity contribution is -0.193. The molecule has 0 amide bonds. The van der Waals surface area contributed by atoms with Gasteiger partial charge in [-0.25, -0.2) is 9.59 Å². The number of hydrogen-bond acceptors (Lipinski definition) is 8. The lowest BCUT2D eigenvalue weighted by atomic mass is 10.1. The first-order valence-electron chi connectivity index (χ1n) is 11.5. The van der Waals surface area contributed by atoms with Crippen molar-refractivity contribution < 1.29 is 55.6 Å². The molecule has 0 aliphatic carbocycles.